The molecule has 1 heterocycles. The second-order valence-corrected chi connectivity index (χ2v) is 4.69. The average molecular weight is 303 g/mol. The number of carbonyl (C=O) groups is 1. The highest BCUT2D eigenvalue weighted by molar-refractivity contribution is 9.08. The fourth-order valence-corrected chi connectivity index (χ4v) is 1.41. The van der Waals surface area contributed by atoms with Crippen LogP contribution in [-0.2, 0) is 14.9 Å². The van der Waals surface area contributed by atoms with Crippen molar-refractivity contribution in [3.8, 4) is 6.01 Å². The zero-order valence-electron chi connectivity index (χ0n) is 10.1. The summed E-state index contributed by atoms with van der Waals surface area (Å²) >= 11 is 3.30. The summed E-state index contributed by atoms with van der Waals surface area (Å²) in [6, 6.07) is 2.05. The lowest BCUT2D eigenvalue weighted by atomic mass is 9.95. The molecule has 0 bridgehead atoms. The van der Waals surface area contributed by atoms with Crippen LogP contribution in [0.5, 0.6) is 6.01 Å². The summed E-state index contributed by atoms with van der Waals surface area (Å²) in [4.78, 5) is 19.5. The Morgan fingerprint density at radius 2 is 2.24 bits per heavy atom. The second-order valence-electron chi connectivity index (χ2n) is 4.13. The van der Waals surface area contributed by atoms with Gasteiger partial charge in [-0.15, -0.1) is 0 Å². The van der Waals surface area contributed by atoms with Crippen molar-refractivity contribution in [1.82, 2.24) is 9.97 Å². The van der Waals surface area contributed by atoms with Gasteiger partial charge >= 0.3 is 12.0 Å². The molecule has 0 aliphatic heterocycles. The van der Waals surface area contributed by atoms with E-state index in [0.717, 1.165) is 5.69 Å². The number of methoxy groups -OCH3 is 1. The molecular formula is C11H15BrN2O3. The molecular weight excluding hydrogens is 288 g/mol. The molecule has 0 amide bonds. The van der Waals surface area contributed by atoms with E-state index in [2.05, 4.69) is 30.6 Å². The number of hydrogen-bond acceptors (Lipinski definition) is 5. The van der Waals surface area contributed by atoms with Gasteiger partial charge in [-0.3, -0.25) is 4.79 Å². The van der Waals surface area contributed by atoms with Crippen LogP contribution in [0.15, 0.2) is 12.3 Å². The van der Waals surface area contributed by atoms with Crippen LogP contribution in [0, 0.1) is 5.41 Å². The van der Waals surface area contributed by atoms with Crippen molar-refractivity contribution in [3.05, 3.63) is 18.0 Å². The van der Waals surface area contributed by atoms with Crippen molar-refractivity contribution in [2.75, 3.05) is 13.7 Å². The normalized spacial score (nSPS) is 11.1. The van der Waals surface area contributed by atoms with Gasteiger partial charge < -0.3 is 9.47 Å². The summed E-state index contributed by atoms with van der Waals surface area (Å²) in [5, 5.41) is 0.631. The predicted molar refractivity (Wildman–Crippen MR) is 66.0 cm³/mol. The Hall–Kier alpha value is -1.17. The summed E-state index contributed by atoms with van der Waals surface area (Å²) in [6.07, 6.45) is 1.62. The fraction of sp³-hybridized carbons (Fsp3) is 0.545. The number of ether oxygens (including phenoxy) is 2. The Kier molecular flexibility index (Phi) is 4.86. The molecule has 0 atom stereocenters. The smallest absolute Gasteiger partial charge is 0.316 e. The monoisotopic (exact) mass is 302 g/mol. The van der Waals surface area contributed by atoms with Crippen molar-refractivity contribution in [1.29, 1.82) is 0 Å². The number of rotatable bonds is 5. The molecule has 5 nitrogen and oxygen atoms in total. The minimum absolute atomic E-state index is 0.172. The predicted octanol–water partition coefficient (Wildman–Crippen LogP) is 1.95. The highest BCUT2D eigenvalue weighted by atomic mass is 79.9. The molecule has 94 valence electrons. The summed E-state index contributed by atoms with van der Waals surface area (Å²) in [5.41, 5.74) is 0.105. The molecule has 0 radical (unpaired) electrons. The van der Waals surface area contributed by atoms with Gasteiger partial charge in [0.2, 0.25) is 0 Å². The average Bonchev–Trinajstić information content (AvgIpc) is 2.35. The van der Waals surface area contributed by atoms with E-state index >= 15 is 0 Å². The van der Waals surface area contributed by atoms with Crippen molar-refractivity contribution < 1.29 is 14.3 Å². The van der Waals surface area contributed by atoms with Crippen molar-refractivity contribution in [2.45, 2.75) is 19.2 Å². The fourth-order valence-electron chi connectivity index (χ4n) is 1.10. The SMILES string of the molecule is COC(=O)C(C)(C)COc1nccc(CBr)n1. The Balaban J connectivity index is 2.63. The number of carbonyl (C=O) groups excluding carboxylic acids is 1. The van der Waals surface area contributed by atoms with Gasteiger partial charge in [-0.2, -0.15) is 4.98 Å². The Morgan fingerprint density at radius 1 is 1.53 bits per heavy atom. The van der Waals surface area contributed by atoms with Crippen LogP contribution in [-0.4, -0.2) is 29.7 Å². The molecule has 0 aromatic carbocycles. The van der Waals surface area contributed by atoms with Crippen LogP contribution in [0.2, 0.25) is 0 Å². The standard InChI is InChI=1S/C11H15BrN2O3/c1-11(2,9(15)16-3)7-17-10-13-5-4-8(6-12)14-10/h4-5H,6-7H2,1-3H3. The quantitative estimate of drug-likeness (QED) is 0.614. The van der Waals surface area contributed by atoms with Gasteiger partial charge in [0.1, 0.15) is 6.61 Å². The first-order valence-corrected chi connectivity index (χ1v) is 6.21. The van der Waals surface area contributed by atoms with E-state index in [4.69, 9.17) is 4.74 Å². The van der Waals surface area contributed by atoms with E-state index in [0.29, 0.717) is 5.33 Å². The Labute approximate surface area is 109 Å². The van der Waals surface area contributed by atoms with Gasteiger partial charge in [-0.05, 0) is 19.9 Å². The minimum Gasteiger partial charge on any atom is -0.469 e. The zero-order valence-corrected chi connectivity index (χ0v) is 11.7. The van der Waals surface area contributed by atoms with E-state index < -0.39 is 5.41 Å². The first kappa shape index (κ1) is 13.9. The van der Waals surface area contributed by atoms with E-state index in [1.165, 1.54) is 7.11 Å². The summed E-state index contributed by atoms with van der Waals surface area (Å²) in [7, 11) is 1.35. The lowest BCUT2D eigenvalue weighted by molar-refractivity contribution is -0.152. The molecule has 1 aromatic heterocycles. The number of nitrogens with zero attached hydrogens (tertiary/aromatic N) is 2. The van der Waals surface area contributed by atoms with Gasteiger partial charge in [0.05, 0.1) is 18.2 Å². The van der Waals surface area contributed by atoms with Crippen LogP contribution in [0.3, 0.4) is 0 Å². The first-order chi connectivity index (χ1) is 7.99. The first-order valence-electron chi connectivity index (χ1n) is 5.08. The maximum absolute atomic E-state index is 11.4. The van der Waals surface area contributed by atoms with E-state index in [1.54, 1.807) is 26.1 Å². The molecule has 6 heteroatoms. The molecule has 1 aromatic rings. The molecule has 0 spiro atoms. The van der Waals surface area contributed by atoms with Crippen LogP contribution in [0.4, 0.5) is 0 Å². The highest BCUT2D eigenvalue weighted by Crippen LogP contribution is 2.18. The lowest BCUT2D eigenvalue weighted by Crippen LogP contribution is -2.32. The van der Waals surface area contributed by atoms with E-state index in [-0.39, 0.29) is 18.6 Å². The van der Waals surface area contributed by atoms with Gasteiger partial charge in [0, 0.05) is 11.5 Å². The number of alkyl halides is 1. The molecule has 0 N–H and O–H groups in total. The Morgan fingerprint density at radius 3 is 2.82 bits per heavy atom. The maximum atomic E-state index is 11.4. The van der Waals surface area contributed by atoms with Crippen LogP contribution in [0.25, 0.3) is 0 Å². The Bertz CT molecular complexity index is 396. The van der Waals surface area contributed by atoms with Crippen molar-refractivity contribution in [3.63, 3.8) is 0 Å². The molecule has 0 aliphatic carbocycles. The molecule has 0 unspecified atom stereocenters. The topological polar surface area (TPSA) is 61.3 Å². The number of esters is 1. The number of halogens is 1. The molecule has 0 fully saturated rings. The largest absolute Gasteiger partial charge is 0.469 e. The van der Waals surface area contributed by atoms with Crippen LogP contribution < -0.4 is 4.74 Å². The molecule has 1 rings (SSSR count). The minimum atomic E-state index is -0.720. The van der Waals surface area contributed by atoms with Gasteiger partial charge in [-0.25, -0.2) is 4.98 Å². The second kappa shape index (κ2) is 5.95. The highest BCUT2D eigenvalue weighted by Gasteiger charge is 2.30. The molecule has 0 aliphatic rings. The molecule has 0 saturated carbocycles. The molecule has 17 heavy (non-hydrogen) atoms. The summed E-state index contributed by atoms with van der Waals surface area (Å²) in [6.45, 7) is 3.66. The third-order valence-electron chi connectivity index (χ3n) is 2.13. The van der Waals surface area contributed by atoms with Crippen molar-refractivity contribution >= 4 is 21.9 Å². The van der Waals surface area contributed by atoms with E-state index in [1.807, 2.05) is 0 Å². The summed E-state index contributed by atoms with van der Waals surface area (Å²) in [5.74, 6) is -0.325. The number of hydrogen-bond donors (Lipinski definition) is 0. The zero-order chi connectivity index (χ0) is 12.9. The summed E-state index contributed by atoms with van der Waals surface area (Å²) < 4.78 is 10.1. The van der Waals surface area contributed by atoms with Gasteiger partial charge in [0.25, 0.3) is 0 Å². The number of aromatic nitrogens is 2. The van der Waals surface area contributed by atoms with Crippen molar-refractivity contribution in [2.24, 2.45) is 5.41 Å². The van der Waals surface area contributed by atoms with Crippen LogP contribution in [0.1, 0.15) is 19.5 Å². The van der Waals surface area contributed by atoms with Gasteiger partial charge in [0.15, 0.2) is 0 Å². The molecule has 0 saturated heterocycles. The van der Waals surface area contributed by atoms with Crippen LogP contribution >= 0.6 is 15.9 Å². The third-order valence-corrected chi connectivity index (χ3v) is 2.70. The maximum Gasteiger partial charge on any atom is 0.316 e. The van der Waals surface area contributed by atoms with E-state index in [9.17, 15) is 4.79 Å². The lowest BCUT2D eigenvalue weighted by Gasteiger charge is -2.20. The van der Waals surface area contributed by atoms with Gasteiger partial charge in [-0.1, -0.05) is 15.9 Å². The third kappa shape index (κ3) is 3.96.